The molecule has 1 aromatic carbocycles. The summed E-state index contributed by atoms with van der Waals surface area (Å²) >= 11 is 0. The van der Waals surface area contributed by atoms with E-state index >= 15 is 0 Å². The van der Waals surface area contributed by atoms with Crippen LogP contribution >= 0.6 is 0 Å². The van der Waals surface area contributed by atoms with E-state index in [4.69, 9.17) is 4.74 Å². The van der Waals surface area contributed by atoms with Gasteiger partial charge in [0.25, 0.3) is 0 Å². The summed E-state index contributed by atoms with van der Waals surface area (Å²) < 4.78 is 5.13. The predicted molar refractivity (Wildman–Crippen MR) is 87.6 cm³/mol. The van der Waals surface area contributed by atoms with Gasteiger partial charge in [-0.25, -0.2) is 0 Å². The van der Waals surface area contributed by atoms with Crippen molar-refractivity contribution in [1.82, 2.24) is 10.2 Å². The number of methoxy groups -OCH3 is 1. The number of carbonyl (C=O) groups excluding carboxylic acids is 2. The fraction of sp³-hybridized carbons (Fsp3) is 0.412. The highest BCUT2D eigenvalue weighted by Gasteiger charge is 2.16. The number of rotatable bonds is 5. The van der Waals surface area contributed by atoms with Gasteiger partial charge >= 0.3 is 0 Å². The molecule has 0 fully saturated rings. The Kier molecular flexibility index (Phi) is 6.16. The van der Waals surface area contributed by atoms with Crippen LogP contribution in [0.5, 0.6) is 5.75 Å². The second-order valence-corrected chi connectivity index (χ2v) is 6.10. The number of nitrogens with one attached hydrogen (secondary N) is 1. The van der Waals surface area contributed by atoms with Crippen molar-refractivity contribution in [2.75, 3.05) is 20.7 Å². The third-order valence-electron chi connectivity index (χ3n) is 2.78. The molecule has 120 valence electrons. The van der Waals surface area contributed by atoms with Gasteiger partial charge in [-0.1, -0.05) is 12.1 Å². The lowest BCUT2D eigenvalue weighted by Gasteiger charge is -2.22. The molecule has 5 nitrogen and oxygen atoms in total. The summed E-state index contributed by atoms with van der Waals surface area (Å²) in [7, 11) is 3.19. The quantitative estimate of drug-likeness (QED) is 0.847. The van der Waals surface area contributed by atoms with Crippen molar-refractivity contribution in [2.45, 2.75) is 26.3 Å². The molecule has 0 aliphatic rings. The fourth-order valence-electron chi connectivity index (χ4n) is 1.79. The summed E-state index contributed by atoms with van der Waals surface area (Å²) in [5, 5.41) is 2.82. The number of benzene rings is 1. The minimum absolute atomic E-state index is 0.0263. The molecule has 1 aromatic rings. The zero-order chi connectivity index (χ0) is 16.8. The van der Waals surface area contributed by atoms with Crippen molar-refractivity contribution < 1.29 is 14.3 Å². The molecule has 22 heavy (non-hydrogen) atoms. The van der Waals surface area contributed by atoms with Gasteiger partial charge in [-0.15, -0.1) is 0 Å². The highest BCUT2D eigenvalue weighted by molar-refractivity contribution is 5.94. The van der Waals surface area contributed by atoms with Crippen LogP contribution in [-0.4, -0.2) is 43.0 Å². The second-order valence-electron chi connectivity index (χ2n) is 6.10. The average molecular weight is 304 g/mol. The SMILES string of the molecule is COc1cccc(/C=C/C(=O)N(C)CC(=O)NC(C)(C)C)c1. The fourth-order valence-corrected chi connectivity index (χ4v) is 1.79. The lowest BCUT2D eigenvalue weighted by Crippen LogP contribution is -2.46. The predicted octanol–water partition coefficient (Wildman–Crippen LogP) is 2.08. The molecule has 2 amide bonds. The van der Waals surface area contributed by atoms with Gasteiger partial charge in [-0.05, 0) is 44.5 Å². The first-order chi connectivity index (χ1) is 10.2. The maximum atomic E-state index is 12.0. The van der Waals surface area contributed by atoms with Crippen LogP contribution in [0.1, 0.15) is 26.3 Å². The first kappa shape index (κ1) is 17.8. The number of hydrogen-bond donors (Lipinski definition) is 1. The molecule has 0 aliphatic carbocycles. The summed E-state index contributed by atoms with van der Waals surface area (Å²) in [6.45, 7) is 5.72. The molecule has 0 radical (unpaired) electrons. The lowest BCUT2D eigenvalue weighted by molar-refractivity contribution is -0.131. The highest BCUT2D eigenvalue weighted by atomic mass is 16.5. The highest BCUT2D eigenvalue weighted by Crippen LogP contribution is 2.13. The first-order valence-corrected chi connectivity index (χ1v) is 7.09. The Bertz CT molecular complexity index is 559. The lowest BCUT2D eigenvalue weighted by atomic mass is 10.1. The summed E-state index contributed by atoms with van der Waals surface area (Å²) in [6.07, 6.45) is 3.14. The van der Waals surface area contributed by atoms with E-state index in [0.29, 0.717) is 0 Å². The van der Waals surface area contributed by atoms with Crippen LogP contribution in [0.15, 0.2) is 30.3 Å². The third-order valence-corrected chi connectivity index (χ3v) is 2.78. The average Bonchev–Trinajstić information content (AvgIpc) is 2.42. The van der Waals surface area contributed by atoms with Gasteiger partial charge in [0.2, 0.25) is 11.8 Å². The van der Waals surface area contributed by atoms with Crippen molar-refractivity contribution in [1.29, 1.82) is 0 Å². The van der Waals surface area contributed by atoms with E-state index in [0.717, 1.165) is 11.3 Å². The van der Waals surface area contributed by atoms with E-state index in [1.165, 1.54) is 11.0 Å². The Balaban J connectivity index is 2.60. The standard InChI is InChI=1S/C17H24N2O3/c1-17(2,3)18-15(20)12-19(4)16(21)10-9-13-7-6-8-14(11-13)22-5/h6-11H,12H2,1-5H3,(H,18,20)/b10-9+. The van der Waals surface area contributed by atoms with E-state index in [9.17, 15) is 9.59 Å². The molecule has 0 saturated carbocycles. The molecule has 0 unspecified atom stereocenters. The maximum absolute atomic E-state index is 12.0. The van der Waals surface area contributed by atoms with Crippen LogP contribution in [0.4, 0.5) is 0 Å². The van der Waals surface area contributed by atoms with E-state index in [2.05, 4.69) is 5.32 Å². The molecule has 1 N–H and O–H groups in total. The molecule has 0 heterocycles. The van der Waals surface area contributed by atoms with Crippen molar-refractivity contribution in [2.24, 2.45) is 0 Å². The number of carbonyl (C=O) groups is 2. The molecular formula is C17H24N2O3. The Morgan fingerprint density at radius 2 is 2.00 bits per heavy atom. The number of hydrogen-bond acceptors (Lipinski definition) is 3. The van der Waals surface area contributed by atoms with Gasteiger partial charge in [-0.2, -0.15) is 0 Å². The second kappa shape index (κ2) is 7.64. The normalized spacial score (nSPS) is 11.3. The molecule has 1 rings (SSSR count). The van der Waals surface area contributed by atoms with Crippen LogP contribution in [0.25, 0.3) is 6.08 Å². The van der Waals surface area contributed by atoms with Crippen LogP contribution in [0.3, 0.4) is 0 Å². The van der Waals surface area contributed by atoms with Gasteiger partial charge in [-0.3, -0.25) is 9.59 Å². The molecule has 0 spiro atoms. The zero-order valence-electron chi connectivity index (χ0n) is 13.8. The van der Waals surface area contributed by atoms with Gasteiger partial charge < -0.3 is 15.0 Å². The van der Waals surface area contributed by atoms with Crippen LogP contribution in [-0.2, 0) is 9.59 Å². The monoisotopic (exact) mass is 304 g/mol. The van der Waals surface area contributed by atoms with Crippen LogP contribution in [0.2, 0.25) is 0 Å². The summed E-state index contributed by atoms with van der Waals surface area (Å²) in [5.41, 5.74) is 0.553. The Morgan fingerprint density at radius 3 is 2.59 bits per heavy atom. The summed E-state index contributed by atoms with van der Waals surface area (Å²) in [5.74, 6) is 0.317. The third kappa shape index (κ3) is 6.43. The van der Waals surface area contributed by atoms with Crippen molar-refractivity contribution >= 4 is 17.9 Å². The minimum Gasteiger partial charge on any atom is -0.497 e. The molecule has 5 heteroatoms. The Labute approximate surface area is 132 Å². The number of amides is 2. The number of likely N-dealkylation sites (N-methyl/N-ethyl adjacent to an activating group) is 1. The van der Waals surface area contributed by atoms with Gasteiger partial charge in [0.15, 0.2) is 0 Å². The molecule has 0 atom stereocenters. The molecular weight excluding hydrogens is 280 g/mol. The van der Waals surface area contributed by atoms with Gasteiger partial charge in [0, 0.05) is 18.7 Å². The van der Waals surface area contributed by atoms with E-state index < -0.39 is 0 Å². The van der Waals surface area contributed by atoms with Gasteiger partial charge in [0.1, 0.15) is 5.75 Å². The largest absolute Gasteiger partial charge is 0.497 e. The van der Waals surface area contributed by atoms with Crippen LogP contribution < -0.4 is 10.1 Å². The summed E-state index contributed by atoms with van der Waals surface area (Å²) in [4.78, 5) is 25.2. The number of ether oxygens (including phenoxy) is 1. The smallest absolute Gasteiger partial charge is 0.246 e. The Hall–Kier alpha value is -2.30. The van der Waals surface area contributed by atoms with E-state index in [1.807, 2.05) is 45.0 Å². The van der Waals surface area contributed by atoms with Crippen molar-refractivity contribution in [3.05, 3.63) is 35.9 Å². The molecule has 0 aliphatic heterocycles. The number of nitrogens with zero attached hydrogens (tertiary/aromatic N) is 1. The van der Waals surface area contributed by atoms with Crippen molar-refractivity contribution in [3.63, 3.8) is 0 Å². The summed E-state index contributed by atoms with van der Waals surface area (Å²) in [6, 6.07) is 7.39. The van der Waals surface area contributed by atoms with Crippen LogP contribution in [0, 0.1) is 0 Å². The van der Waals surface area contributed by atoms with Gasteiger partial charge in [0.05, 0.1) is 13.7 Å². The maximum Gasteiger partial charge on any atom is 0.246 e. The molecule has 0 bridgehead atoms. The van der Waals surface area contributed by atoms with Crippen molar-refractivity contribution in [3.8, 4) is 5.75 Å². The van der Waals surface area contributed by atoms with E-state index in [1.54, 1.807) is 20.2 Å². The molecule has 0 aromatic heterocycles. The zero-order valence-corrected chi connectivity index (χ0v) is 13.8. The molecule has 0 saturated heterocycles. The topological polar surface area (TPSA) is 58.6 Å². The Morgan fingerprint density at radius 1 is 1.32 bits per heavy atom. The first-order valence-electron chi connectivity index (χ1n) is 7.09. The van der Waals surface area contributed by atoms with E-state index in [-0.39, 0.29) is 23.9 Å². The minimum atomic E-state index is -0.308.